The number of furan rings is 1. The molecule has 32 heavy (non-hydrogen) atoms. The quantitative estimate of drug-likeness (QED) is 0.422. The molecule has 3 aromatic heterocycles. The van der Waals surface area contributed by atoms with Gasteiger partial charge in [-0.25, -0.2) is 4.98 Å². The lowest BCUT2D eigenvalue weighted by Crippen LogP contribution is -2.10. The number of rotatable bonds is 5. The summed E-state index contributed by atoms with van der Waals surface area (Å²) < 4.78 is 13.2. The highest BCUT2D eigenvalue weighted by molar-refractivity contribution is 6.04. The van der Waals surface area contributed by atoms with Gasteiger partial charge in [-0.05, 0) is 56.3 Å². The number of carbonyl (C=O) groups is 1. The van der Waals surface area contributed by atoms with Crippen molar-refractivity contribution in [1.29, 1.82) is 0 Å². The van der Waals surface area contributed by atoms with E-state index in [1.165, 1.54) is 0 Å². The summed E-state index contributed by atoms with van der Waals surface area (Å²) in [6.45, 7) is 3.92. The number of nitrogens with one attached hydrogen (secondary N) is 1. The molecule has 0 aliphatic rings. The van der Waals surface area contributed by atoms with Crippen LogP contribution in [0.2, 0.25) is 0 Å². The largest absolute Gasteiger partial charge is 0.451 e. The Hall–Kier alpha value is -4.46. The zero-order valence-electron chi connectivity index (χ0n) is 17.4. The lowest BCUT2D eigenvalue weighted by Gasteiger charge is -2.08. The van der Waals surface area contributed by atoms with E-state index in [-0.39, 0.29) is 11.7 Å². The van der Waals surface area contributed by atoms with Gasteiger partial charge in [0.05, 0.1) is 5.69 Å². The molecule has 8 heteroatoms. The first-order chi connectivity index (χ1) is 15.6. The average molecular weight is 425 g/mol. The second-order valence-electron chi connectivity index (χ2n) is 7.24. The van der Waals surface area contributed by atoms with Crippen LogP contribution in [0.1, 0.15) is 21.9 Å². The number of nitrogens with zero attached hydrogens (tertiary/aromatic N) is 4. The van der Waals surface area contributed by atoms with E-state index in [0.29, 0.717) is 28.7 Å². The molecule has 0 saturated heterocycles. The summed E-state index contributed by atoms with van der Waals surface area (Å²) in [5.74, 6) is 1.54. The van der Waals surface area contributed by atoms with E-state index >= 15 is 0 Å². The Morgan fingerprint density at radius 2 is 1.81 bits per heavy atom. The van der Waals surface area contributed by atoms with Crippen LogP contribution in [0.4, 0.5) is 5.69 Å². The number of aromatic nitrogens is 4. The summed E-state index contributed by atoms with van der Waals surface area (Å²) in [7, 11) is 0. The predicted octanol–water partition coefficient (Wildman–Crippen LogP) is 5.07. The van der Waals surface area contributed by atoms with E-state index in [1.54, 1.807) is 42.7 Å². The zero-order valence-corrected chi connectivity index (χ0v) is 17.4. The van der Waals surface area contributed by atoms with Crippen LogP contribution < -0.4 is 10.1 Å². The third-order valence-electron chi connectivity index (χ3n) is 5.11. The van der Waals surface area contributed by atoms with Crippen LogP contribution in [0.3, 0.4) is 0 Å². The minimum Gasteiger partial charge on any atom is -0.451 e. The molecule has 0 unspecified atom stereocenters. The maximum absolute atomic E-state index is 12.5. The fourth-order valence-corrected chi connectivity index (χ4v) is 3.24. The van der Waals surface area contributed by atoms with Crippen molar-refractivity contribution in [2.45, 2.75) is 13.8 Å². The number of imidazole rings is 1. The van der Waals surface area contributed by atoms with Gasteiger partial charge in [0.2, 0.25) is 5.88 Å². The number of amides is 1. The van der Waals surface area contributed by atoms with Crippen molar-refractivity contribution in [2.24, 2.45) is 0 Å². The number of para-hydroxylation sites is 1. The van der Waals surface area contributed by atoms with Crippen LogP contribution in [-0.2, 0) is 0 Å². The summed E-state index contributed by atoms with van der Waals surface area (Å²) in [6, 6.07) is 19.7. The third-order valence-corrected chi connectivity index (χ3v) is 5.11. The lowest BCUT2D eigenvalue weighted by molar-refractivity contribution is 0.0998. The molecule has 0 atom stereocenters. The highest BCUT2D eigenvalue weighted by Gasteiger charge is 2.12. The van der Waals surface area contributed by atoms with Gasteiger partial charge in [0, 0.05) is 22.8 Å². The van der Waals surface area contributed by atoms with Gasteiger partial charge in [-0.3, -0.25) is 9.36 Å². The summed E-state index contributed by atoms with van der Waals surface area (Å²) in [4.78, 5) is 16.7. The van der Waals surface area contributed by atoms with Gasteiger partial charge >= 0.3 is 0 Å². The maximum Gasteiger partial charge on any atom is 0.291 e. The number of ether oxygens (including phenoxy) is 1. The second-order valence-corrected chi connectivity index (χ2v) is 7.24. The number of hydrogen-bond acceptors (Lipinski definition) is 6. The van der Waals surface area contributed by atoms with Crippen molar-refractivity contribution >= 4 is 22.6 Å². The molecule has 0 aliphatic carbocycles. The second kappa shape index (κ2) is 7.99. The molecule has 8 nitrogen and oxygen atoms in total. The Labute approximate surface area is 183 Å². The molecule has 158 valence electrons. The minimum atomic E-state index is -0.318. The summed E-state index contributed by atoms with van der Waals surface area (Å²) in [6.07, 6.45) is 1.72. The normalized spacial score (nSPS) is 10.9. The molecular weight excluding hydrogens is 406 g/mol. The third kappa shape index (κ3) is 3.81. The highest BCUT2D eigenvalue weighted by atomic mass is 16.5. The van der Waals surface area contributed by atoms with Gasteiger partial charge in [0.1, 0.15) is 17.7 Å². The molecule has 5 aromatic rings. The SMILES string of the molecule is Cc1ncn(-c2ccc(Oc3ccc(NC(=O)c4cc5ccccc5o4)cc3)nn2)c1C. The molecule has 5 rings (SSSR count). The van der Waals surface area contributed by atoms with Gasteiger partial charge in [0.25, 0.3) is 5.91 Å². The highest BCUT2D eigenvalue weighted by Crippen LogP contribution is 2.23. The topological polar surface area (TPSA) is 95.1 Å². The first-order valence-corrected chi connectivity index (χ1v) is 9.99. The van der Waals surface area contributed by atoms with Crippen LogP contribution in [0.5, 0.6) is 11.6 Å². The van der Waals surface area contributed by atoms with Gasteiger partial charge in [-0.1, -0.05) is 18.2 Å². The van der Waals surface area contributed by atoms with Gasteiger partial charge in [-0.15, -0.1) is 10.2 Å². The number of anilines is 1. The summed E-state index contributed by atoms with van der Waals surface area (Å²) >= 11 is 0. The molecule has 2 aromatic carbocycles. The van der Waals surface area contributed by atoms with Gasteiger partial charge < -0.3 is 14.5 Å². The number of fused-ring (bicyclic) bond motifs is 1. The Morgan fingerprint density at radius 1 is 1.00 bits per heavy atom. The monoisotopic (exact) mass is 425 g/mol. The molecule has 0 spiro atoms. The van der Waals surface area contributed by atoms with Crippen LogP contribution in [0, 0.1) is 13.8 Å². The Bertz CT molecular complexity index is 1370. The number of hydrogen-bond donors (Lipinski definition) is 1. The predicted molar refractivity (Wildman–Crippen MR) is 119 cm³/mol. The fraction of sp³-hybridized carbons (Fsp3) is 0.0833. The van der Waals surface area contributed by atoms with E-state index in [4.69, 9.17) is 9.15 Å². The van der Waals surface area contributed by atoms with E-state index < -0.39 is 0 Å². The van der Waals surface area contributed by atoms with Crippen LogP contribution >= 0.6 is 0 Å². The lowest BCUT2D eigenvalue weighted by atomic mass is 10.2. The number of benzene rings is 2. The molecule has 0 fully saturated rings. The summed E-state index contributed by atoms with van der Waals surface area (Å²) in [5, 5.41) is 12.0. The smallest absolute Gasteiger partial charge is 0.291 e. The van der Waals surface area contributed by atoms with Crippen molar-refractivity contribution in [3.05, 3.63) is 90.2 Å². The number of carbonyl (C=O) groups excluding carboxylic acids is 1. The molecular formula is C24H19N5O3. The van der Waals surface area contributed by atoms with Crippen LogP contribution in [0.25, 0.3) is 16.8 Å². The van der Waals surface area contributed by atoms with Crippen molar-refractivity contribution in [1.82, 2.24) is 19.7 Å². The van der Waals surface area contributed by atoms with Crippen molar-refractivity contribution in [2.75, 3.05) is 5.32 Å². The average Bonchev–Trinajstić information content (AvgIpc) is 3.39. The van der Waals surface area contributed by atoms with Crippen LogP contribution in [-0.4, -0.2) is 25.7 Å². The van der Waals surface area contributed by atoms with Crippen molar-refractivity contribution in [3.8, 4) is 17.4 Å². The molecule has 0 aliphatic heterocycles. The van der Waals surface area contributed by atoms with Crippen molar-refractivity contribution < 1.29 is 13.9 Å². The minimum absolute atomic E-state index is 0.255. The van der Waals surface area contributed by atoms with Gasteiger partial charge in [0.15, 0.2) is 11.6 Å². The summed E-state index contributed by atoms with van der Waals surface area (Å²) in [5.41, 5.74) is 3.25. The number of aryl methyl sites for hydroxylation is 1. The van der Waals surface area contributed by atoms with E-state index in [1.807, 2.05) is 48.7 Å². The molecule has 0 radical (unpaired) electrons. The molecule has 0 bridgehead atoms. The Balaban J connectivity index is 1.24. The zero-order chi connectivity index (χ0) is 22.1. The Kier molecular flexibility index (Phi) is 4.87. The van der Waals surface area contributed by atoms with E-state index in [9.17, 15) is 4.79 Å². The van der Waals surface area contributed by atoms with E-state index in [0.717, 1.165) is 16.8 Å². The van der Waals surface area contributed by atoms with Crippen LogP contribution in [0.15, 0.2) is 77.5 Å². The first kappa shape index (κ1) is 19.5. The molecule has 1 amide bonds. The van der Waals surface area contributed by atoms with Crippen molar-refractivity contribution in [3.63, 3.8) is 0 Å². The van der Waals surface area contributed by atoms with E-state index in [2.05, 4.69) is 20.5 Å². The molecule has 1 N–H and O–H groups in total. The van der Waals surface area contributed by atoms with Gasteiger partial charge in [-0.2, -0.15) is 0 Å². The fourth-order valence-electron chi connectivity index (χ4n) is 3.24. The Morgan fingerprint density at radius 3 is 2.50 bits per heavy atom. The molecule has 3 heterocycles. The molecule has 0 saturated carbocycles. The first-order valence-electron chi connectivity index (χ1n) is 9.99. The maximum atomic E-state index is 12.5. The standard InChI is InChI=1S/C24H19N5O3/c1-15-16(2)29(14-25-15)22-11-12-23(28-27-22)31-19-9-7-18(8-10-19)26-24(30)21-13-17-5-3-4-6-20(17)32-21/h3-14H,1-2H3,(H,26,30).